The van der Waals surface area contributed by atoms with E-state index in [-0.39, 0.29) is 11.0 Å². The van der Waals surface area contributed by atoms with Crippen LogP contribution in [0, 0.1) is 0 Å². The zero-order chi connectivity index (χ0) is 14.3. The molecule has 0 saturated carbocycles. The molecular weight excluding hydrogens is 236 g/mol. The van der Waals surface area contributed by atoms with Gasteiger partial charge in [0.15, 0.2) is 11.5 Å². The molecule has 0 saturated heterocycles. The van der Waals surface area contributed by atoms with E-state index in [2.05, 4.69) is 37.9 Å². The molecule has 0 amide bonds. The number of nitrogens with two attached hydrogens (primary N) is 1. The third kappa shape index (κ3) is 3.57. The average Bonchev–Trinajstić information content (AvgIpc) is 2.65. The van der Waals surface area contributed by atoms with Crippen LogP contribution in [0.2, 0.25) is 0 Å². The maximum atomic E-state index is 5.99. The van der Waals surface area contributed by atoms with Crippen LogP contribution in [-0.4, -0.2) is 10.5 Å². The van der Waals surface area contributed by atoms with Crippen molar-refractivity contribution in [3.8, 4) is 0 Å². The van der Waals surface area contributed by atoms with Gasteiger partial charge >= 0.3 is 0 Å². The molecule has 1 aromatic heterocycles. The van der Waals surface area contributed by atoms with Crippen molar-refractivity contribution in [1.82, 2.24) is 4.98 Å². The number of rotatable bonds is 3. The fourth-order valence-electron chi connectivity index (χ4n) is 1.98. The minimum atomic E-state index is -0.183. The number of aromatic nitrogens is 1. The Morgan fingerprint density at radius 1 is 1.16 bits per heavy atom. The molecule has 0 aliphatic carbocycles. The van der Waals surface area contributed by atoms with Crippen molar-refractivity contribution < 1.29 is 4.42 Å². The predicted molar refractivity (Wildman–Crippen MR) is 79.3 cm³/mol. The predicted octanol–water partition coefficient (Wildman–Crippen LogP) is 3.80. The van der Waals surface area contributed by atoms with Crippen molar-refractivity contribution in [2.24, 2.45) is 5.73 Å². The summed E-state index contributed by atoms with van der Waals surface area (Å²) in [7, 11) is 0. The van der Waals surface area contributed by atoms with Crippen molar-refractivity contribution >= 4 is 11.1 Å². The maximum absolute atomic E-state index is 5.99. The molecule has 104 valence electrons. The van der Waals surface area contributed by atoms with Gasteiger partial charge in [-0.25, -0.2) is 4.98 Å². The van der Waals surface area contributed by atoms with Gasteiger partial charge in [0.1, 0.15) is 5.52 Å². The fraction of sp³-hybridized carbons (Fsp3) is 0.562. The highest BCUT2D eigenvalue weighted by Crippen LogP contribution is 2.26. The number of fused-ring (bicyclic) bond motifs is 1. The Hall–Kier alpha value is -1.35. The lowest BCUT2D eigenvalue weighted by Crippen LogP contribution is -2.32. The zero-order valence-electron chi connectivity index (χ0n) is 12.6. The van der Waals surface area contributed by atoms with Gasteiger partial charge in [0, 0.05) is 12.0 Å². The van der Waals surface area contributed by atoms with Crippen LogP contribution >= 0.6 is 0 Å². The van der Waals surface area contributed by atoms with Crippen LogP contribution < -0.4 is 5.73 Å². The van der Waals surface area contributed by atoms with E-state index in [1.807, 2.05) is 19.9 Å². The van der Waals surface area contributed by atoms with Crippen LogP contribution in [-0.2, 0) is 11.8 Å². The molecule has 19 heavy (non-hydrogen) atoms. The van der Waals surface area contributed by atoms with Crippen LogP contribution in [0.4, 0.5) is 0 Å². The SMILES string of the molecule is CC(C)(N)CCc1nc2cc(C(C)(C)C)ccc2o1. The van der Waals surface area contributed by atoms with E-state index in [4.69, 9.17) is 10.2 Å². The average molecular weight is 260 g/mol. The molecule has 0 radical (unpaired) electrons. The fourth-order valence-corrected chi connectivity index (χ4v) is 1.98. The molecule has 2 rings (SSSR count). The molecule has 3 heteroatoms. The molecule has 0 unspecified atom stereocenters. The third-order valence-electron chi connectivity index (χ3n) is 3.28. The summed E-state index contributed by atoms with van der Waals surface area (Å²) in [6.45, 7) is 10.6. The molecule has 0 spiro atoms. The van der Waals surface area contributed by atoms with Gasteiger partial charge in [0.05, 0.1) is 0 Å². The quantitative estimate of drug-likeness (QED) is 0.913. The minimum Gasteiger partial charge on any atom is -0.441 e. The van der Waals surface area contributed by atoms with Gasteiger partial charge in [-0.05, 0) is 43.4 Å². The summed E-state index contributed by atoms with van der Waals surface area (Å²) >= 11 is 0. The molecule has 2 N–H and O–H groups in total. The molecule has 0 fully saturated rings. The van der Waals surface area contributed by atoms with Crippen LogP contribution in [0.3, 0.4) is 0 Å². The van der Waals surface area contributed by atoms with Crippen LogP contribution in [0.25, 0.3) is 11.1 Å². The molecular formula is C16H24N2O. The summed E-state index contributed by atoms with van der Waals surface area (Å²) in [4.78, 5) is 4.57. The molecule has 1 heterocycles. The largest absolute Gasteiger partial charge is 0.441 e. The maximum Gasteiger partial charge on any atom is 0.195 e. The van der Waals surface area contributed by atoms with Crippen LogP contribution in [0.5, 0.6) is 0 Å². The third-order valence-corrected chi connectivity index (χ3v) is 3.28. The summed E-state index contributed by atoms with van der Waals surface area (Å²) in [5.41, 5.74) is 9.02. The van der Waals surface area contributed by atoms with Gasteiger partial charge < -0.3 is 10.2 Å². The topological polar surface area (TPSA) is 52.0 Å². The summed E-state index contributed by atoms with van der Waals surface area (Å²) in [5.74, 6) is 0.777. The Morgan fingerprint density at radius 2 is 1.84 bits per heavy atom. The molecule has 0 atom stereocenters. The van der Waals surface area contributed by atoms with Crippen molar-refractivity contribution in [1.29, 1.82) is 0 Å². The zero-order valence-corrected chi connectivity index (χ0v) is 12.6. The van der Waals surface area contributed by atoms with Gasteiger partial charge in [-0.3, -0.25) is 0 Å². The Labute approximate surface area is 115 Å². The molecule has 2 aromatic rings. The Kier molecular flexibility index (Phi) is 3.43. The first kappa shape index (κ1) is 14.1. The Balaban J connectivity index is 2.26. The van der Waals surface area contributed by atoms with E-state index in [1.54, 1.807) is 0 Å². The smallest absolute Gasteiger partial charge is 0.195 e. The normalized spacial score (nSPS) is 13.2. The first-order valence-electron chi connectivity index (χ1n) is 6.84. The second-order valence-corrected chi connectivity index (χ2v) is 7.03. The molecule has 1 aromatic carbocycles. The second kappa shape index (κ2) is 4.64. The monoisotopic (exact) mass is 260 g/mol. The first-order valence-corrected chi connectivity index (χ1v) is 6.84. The second-order valence-electron chi connectivity index (χ2n) is 7.03. The van der Waals surface area contributed by atoms with E-state index >= 15 is 0 Å². The van der Waals surface area contributed by atoms with Crippen molar-refractivity contribution in [3.63, 3.8) is 0 Å². The Morgan fingerprint density at radius 3 is 2.42 bits per heavy atom. The van der Waals surface area contributed by atoms with Gasteiger partial charge in [-0.1, -0.05) is 26.8 Å². The van der Waals surface area contributed by atoms with Crippen molar-refractivity contribution in [3.05, 3.63) is 29.7 Å². The van der Waals surface area contributed by atoms with E-state index in [0.29, 0.717) is 0 Å². The first-order chi connectivity index (χ1) is 8.65. The highest BCUT2D eigenvalue weighted by atomic mass is 16.3. The van der Waals surface area contributed by atoms with E-state index in [1.165, 1.54) is 5.56 Å². The van der Waals surface area contributed by atoms with Gasteiger partial charge in [-0.15, -0.1) is 0 Å². The van der Waals surface area contributed by atoms with Crippen molar-refractivity contribution in [2.75, 3.05) is 0 Å². The van der Waals surface area contributed by atoms with Crippen LogP contribution in [0.15, 0.2) is 22.6 Å². The molecule has 3 nitrogen and oxygen atoms in total. The van der Waals surface area contributed by atoms with E-state index in [0.717, 1.165) is 29.8 Å². The number of hydrogen-bond donors (Lipinski definition) is 1. The number of benzene rings is 1. The number of nitrogens with zero attached hydrogens (tertiary/aromatic N) is 1. The van der Waals surface area contributed by atoms with E-state index < -0.39 is 0 Å². The van der Waals surface area contributed by atoms with Crippen molar-refractivity contribution in [2.45, 2.75) is 58.4 Å². The highest BCUT2D eigenvalue weighted by Gasteiger charge is 2.17. The van der Waals surface area contributed by atoms with E-state index in [9.17, 15) is 0 Å². The number of hydrogen-bond acceptors (Lipinski definition) is 3. The standard InChI is InChI=1S/C16H24N2O/c1-15(2,3)11-6-7-13-12(10-11)18-14(19-13)8-9-16(4,5)17/h6-7,10H,8-9,17H2,1-5H3. The summed E-state index contributed by atoms with van der Waals surface area (Å²) in [5, 5.41) is 0. The molecule has 0 aliphatic heterocycles. The van der Waals surface area contributed by atoms with Crippen LogP contribution in [0.1, 0.15) is 52.5 Å². The van der Waals surface area contributed by atoms with Gasteiger partial charge in [0.2, 0.25) is 0 Å². The minimum absolute atomic E-state index is 0.132. The summed E-state index contributed by atoms with van der Waals surface area (Å²) < 4.78 is 5.76. The Bertz CT molecular complexity index is 570. The summed E-state index contributed by atoms with van der Waals surface area (Å²) in [6, 6.07) is 6.25. The highest BCUT2D eigenvalue weighted by molar-refractivity contribution is 5.73. The van der Waals surface area contributed by atoms with Gasteiger partial charge in [0.25, 0.3) is 0 Å². The summed E-state index contributed by atoms with van der Waals surface area (Å²) in [6.07, 6.45) is 1.65. The number of oxazole rings is 1. The lowest BCUT2D eigenvalue weighted by Gasteiger charge is -2.18. The lowest BCUT2D eigenvalue weighted by molar-refractivity contribution is 0.435. The lowest BCUT2D eigenvalue weighted by atomic mass is 9.87. The number of aryl methyl sites for hydroxylation is 1. The molecule has 0 bridgehead atoms. The van der Waals surface area contributed by atoms with Gasteiger partial charge in [-0.2, -0.15) is 0 Å². The molecule has 0 aliphatic rings.